The minimum Gasteiger partial charge on any atom is -0.316 e. The molecule has 136 valence electrons. The maximum Gasteiger partial charge on any atom is 0.0697 e. The Labute approximate surface area is 151 Å². The summed E-state index contributed by atoms with van der Waals surface area (Å²) in [4.78, 5) is 0. The van der Waals surface area contributed by atoms with Crippen LogP contribution in [0.4, 0.5) is 0 Å². The Morgan fingerprint density at radius 2 is 2.08 bits per heavy atom. The standard InChI is InChI=1S/C21H32N4/c1-20-9-3-11-22-14-15(20)4-5-16-17-6-7-19(25-13-12-23-24-25)21(17,2)10-8-18(16)20/h7,12-13,15-18,22H,3-6,8-11,14H2,1-2H3. The van der Waals surface area contributed by atoms with Gasteiger partial charge in [0.05, 0.1) is 12.4 Å². The van der Waals surface area contributed by atoms with Crippen LogP contribution >= 0.6 is 0 Å². The van der Waals surface area contributed by atoms with Crippen molar-refractivity contribution in [1.82, 2.24) is 20.3 Å². The van der Waals surface area contributed by atoms with Crippen LogP contribution in [-0.4, -0.2) is 28.1 Å². The van der Waals surface area contributed by atoms with E-state index in [0.717, 1.165) is 23.7 Å². The number of nitrogens with zero attached hydrogens (tertiary/aromatic N) is 3. The van der Waals surface area contributed by atoms with E-state index < -0.39 is 0 Å². The van der Waals surface area contributed by atoms with Gasteiger partial charge in [0.2, 0.25) is 0 Å². The summed E-state index contributed by atoms with van der Waals surface area (Å²) in [6, 6.07) is 0. The molecule has 1 saturated heterocycles. The predicted octanol–water partition coefficient (Wildman–Crippen LogP) is 3.97. The van der Waals surface area contributed by atoms with E-state index in [1.165, 1.54) is 63.7 Å². The SMILES string of the molecule is CC12CCC3C(CCC4CNCCCC43C)C1CC=C2n1ccnn1. The van der Waals surface area contributed by atoms with Gasteiger partial charge in [-0.05, 0) is 87.1 Å². The average Bonchev–Trinajstić information content (AvgIpc) is 3.18. The largest absolute Gasteiger partial charge is 0.316 e. The van der Waals surface area contributed by atoms with Gasteiger partial charge in [0, 0.05) is 11.1 Å². The minimum absolute atomic E-state index is 0.293. The Kier molecular flexibility index (Phi) is 3.64. The van der Waals surface area contributed by atoms with Gasteiger partial charge in [0.25, 0.3) is 0 Å². The molecule has 0 aromatic carbocycles. The first-order chi connectivity index (χ1) is 12.1. The van der Waals surface area contributed by atoms with Crippen molar-refractivity contribution in [3.63, 3.8) is 0 Å². The molecule has 3 aliphatic carbocycles. The summed E-state index contributed by atoms with van der Waals surface area (Å²) >= 11 is 0. The van der Waals surface area contributed by atoms with Crippen LogP contribution in [0.5, 0.6) is 0 Å². The van der Waals surface area contributed by atoms with E-state index in [-0.39, 0.29) is 0 Å². The monoisotopic (exact) mass is 340 g/mol. The number of hydrogen-bond acceptors (Lipinski definition) is 3. The highest BCUT2D eigenvalue weighted by Gasteiger charge is 2.58. The van der Waals surface area contributed by atoms with Crippen molar-refractivity contribution in [2.45, 2.75) is 58.8 Å². The zero-order valence-electron chi connectivity index (χ0n) is 15.7. The van der Waals surface area contributed by atoms with Crippen molar-refractivity contribution in [2.75, 3.05) is 13.1 Å². The number of hydrogen-bond donors (Lipinski definition) is 1. The van der Waals surface area contributed by atoms with Gasteiger partial charge in [-0.1, -0.05) is 25.1 Å². The average molecular weight is 341 g/mol. The molecule has 0 bridgehead atoms. The third-order valence-corrected chi connectivity index (χ3v) is 8.73. The van der Waals surface area contributed by atoms with Gasteiger partial charge in [-0.3, -0.25) is 0 Å². The Bertz CT molecular complexity index is 665. The zero-order valence-corrected chi connectivity index (χ0v) is 15.7. The first-order valence-corrected chi connectivity index (χ1v) is 10.4. The Morgan fingerprint density at radius 3 is 2.92 bits per heavy atom. The summed E-state index contributed by atoms with van der Waals surface area (Å²) in [6.07, 6.45) is 15.9. The van der Waals surface area contributed by atoms with E-state index in [9.17, 15) is 0 Å². The van der Waals surface area contributed by atoms with Crippen molar-refractivity contribution in [2.24, 2.45) is 34.5 Å². The predicted molar refractivity (Wildman–Crippen MR) is 99.7 cm³/mol. The number of fused-ring (bicyclic) bond motifs is 5. The van der Waals surface area contributed by atoms with E-state index >= 15 is 0 Å². The first kappa shape index (κ1) is 16.0. The Morgan fingerprint density at radius 1 is 1.16 bits per heavy atom. The maximum absolute atomic E-state index is 4.32. The zero-order chi connectivity index (χ0) is 17.1. The maximum atomic E-state index is 4.32. The summed E-state index contributed by atoms with van der Waals surface area (Å²) in [7, 11) is 0. The van der Waals surface area contributed by atoms with Gasteiger partial charge in [0.1, 0.15) is 0 Å². The van der Waals surface area contributed by atoms with Crippen LogP contribution in [0.2, 0.25) is 0 Å². The molecule has 4 heteroatoms. The topological polar surface area (TPSA) is 42.7 Å². The molecular formula is C21H32N4. The van der Waals surface area contributed by atoms with Gasteiger partial charge in [-0.2, -0.15) is 0 Å². The molecule has 0 radical (unpaired) electrons. The van der Waals surface area contributed by atoms with Crippen LogP contribution in [0.3, 0.4) is 0 Å². The highest BCUT2D eigenvalue weighted by molar-refractivity contribution is 5.55. The van der Waals surface area contributed by atoms with Crippen molar-refractivity contribution < 1.29 is 0 Å². The summed E-state index contributed by atoms with van der Waals surface area (Å²) < 4.78 is 2.04. The van der Waals surface area contributed by atoms with Gasteiger partial charge < -0.3 is 5.32 Å². The fraction of sp³-hybridized carbons (Fsp3) is 0.810. The quantitative estimate of drug-likeness (QED) is 0.841. The molecule has 6 atom stereocenters. The molecule has 2 heterocycles. The van der Waals surface area contributed by atoms with Gasteiger partial charge in [-0.25, -0.2) is 4.68 Å². The number of aromatic nitrogens is 3. The lowest BCUT2D eigenvalue weighted by atomic mass is 9.47. The molecule has 0 amide bonds. The fourth-order valence-electron chi connectivity index (χ4n) is 7.37. The van der Waals surface area contributed by atoms with Crippen molar-refractivity contribution >= 4 is 5.70 Å². The second-order valence-electron chi connectivity index (χ2n) is 9.59. The number of rotatable bonds is 1. The minimum atomic E-state index is 0.293. The molecule has 25 heavy (non-hydrogen) atoms. The number of nitrogens with one attached hydrogen (secondary N) is 1. The lowest BCUT2D eigenvalue weighted by Gasteiger charge is -2.58. The van der Waals surface area contributed by atoms with Crippen LogP contribution in [-0.2, 0) is 0 Å². The van der Waals surface area contributed by atoms with Crippen LogP contribution in [0.25, 0.3) is 5.70 Å². The van der Waals surface area contributed by atoms with Gasteiger partial charge >= 0.3 is 0 Å². The highest BCUT2D eigenvalue weighted by atomic mass is 15.4. The molecule has 5 rings (SSSR count). The first-order valence-electron chi connectivity index (χ1n) is 10.4. The Hall–Kier alpha value is -1.16. The molecular weight excluding hydrogens is 308 g/mol. The molecule has 4 nitrogen and oxygen atoms in total. The van der Waals surface area contributed by atoms with Crippen molar-refractivity contribution in [1.29, 1.82) is 0 Å². The van der Waals surface area contributed by atoms with E-state index in [4.69, 9.17) is 0 Å². The third kappa shape index (κ3) is 2.22. The van der Waals surface area contributed by atoms with E-state index in [0.29, 0.717) is 10.8 Å². The molecule has 0 spiro atoms. The fourth-order valence-corrected chi connectivity index (χ4v) is 7.37. The molecule has 3 fully saturated rings. The molecule has 1 aromatic rings. The van der Waals surface area contributed by atoms with E-state index in [1.54, 1.807) is 0 Å². The van der Waals surface area contributed by atoms with E-state index in [1.807, 2.05) is 17.1 Å². The van der Waals surface area contributed by atoms with Gasteiger partial charge in [0.15, 0.2) is 0 Å². The molecule has 4 aliphatic rings. The smallest absolute Gasteiger partial charge is 0.0697 e. The second-order valence-corrected chi connectivity index (χ2v) is 9.59. The molecule has 1 N–H and O–H groups in total. The summed E-state index contributed by atoms with van der Waals surface area (Å²) in [5, 5.41) is 12.1. The summed E-state index contributed by atoms with van der Waals surface area (Å²) in [5.74, 6) is 3.52. The van der Waals surface area contributed by atoms with Crippen molar-refractivity contribution in [3.05, 3.63) is 18.5 Å². The Balaban J connectivity index is 1.46. The molecule has 2 saturated carbocycles. The summed E-state index contributed by atoms with van der Waals surface area (Å²) in [5.41, 5.74) is 2.27. The van der Waals surface area contributed by atoms with E-state index in [2.05, 4.69) is 35.6 Å². The van der Waals surface area contributed by atoms with Crippen LogP contribution in [0, 0.1) is 34.5 Å². The molecule has 1 aliphatic heterocycles. The molecule has 1 aromatic heterocycles. The molecule has 6 unspecified atom stereocenters. The van der Waals surface area contributed by atoms with Gasteiger partial charge in [-0.15, -0.1) is 5.10 Å². The van der Waals surface area contributed by atoms with Crippen LogP contribution < -0.4 is 5.32 Å². The van der Waals surface area contributed by atoms with Crippen molar-refractivity contribution in [3.8, 4) is 0 Å². The normalized spacial score (nSPS) is 46.6. The lowest BCUT2D eigenvalue weighted by Crippen LogP contribution is -2.52. The highest BCUT2D eigenvalue weighted by Crippen LogP contribution is 2.65. The summed E-state index contributed by atoms with van der Waals surface area (Å²) in [6.45, 7) is 7.63. The van der Waals surface area contributed by atoms with Crippen LogP contribution in [0.1, 0.15) is 58.8 Å². The number of allylic oxidation sites excluding steroid dienone is 2. The lowest BCUT2D eigenvalue weighted by molar-refractivity contribution is -0.0784. The third-order valence-electron chi connectivity index (χ3n) is 8.73. The second kappa shape index (κ2) is 5.67. The van der Waals surface area contributed by atoms with Crippen LogP contribution in [0.15, 0.2) is 18.5 Å².